The van der Waals surface area contributed by atoms with Gasteiger partial charge in [-0.2, -0.15) is 0 Å². The number of methoxy groups -OCH3 is 1. The number of benzene rings is 1. The largest absolute Gasteiger partial charge is 0.497 e. The zero-order valence-corrected chi connectivity index (χ0v) is 20.3. The molecule has 0 aromatic heterocycles. The lowest BCUT2D eigenvalue weighted by atomic mass is 9.89. The van der Waals surface area contributed by atoms with Crippen molar-refractivity contribution in [3.63, 3.8) is 0 Å². The van der Waals surface area contributed by atoms with Crippen LogP contribution in [0.5, 0.6) is 5.75 Å². The number of likely N-dealkylation sites (tertiary alicyclic amines) is 2. The lowest BCUT2D eigenvalue weighted by Gasteiger charge is -2.34. The van der Waals surface area contributed by atoms with Gasteiger partial charge in [0, 0.05) is 24.1 Å². The first-order valence-electron chi connectivity index (χ1n) is 11.7. The highest BCUT2D eigenvalue weighted by atomic mass is 79.9. The molecule has 1 aromatic rings. The fourth-order valence-corrected chi connectivity index (χ4v) is 5.32. The fraction of sp³-hybridized carbons (Fsp3) is 0.708. The van der Waals surface area contributed by atoms with Gasteiger partial charge in [0.2, 0.25) is 0 Å². The summed E-state index contributed by atoms with van der Waals surface area (Å²) < 4.78 is 6.58. The Kier molecular flexibility index (Phi) is 9.31. The molecule has 2 amide bonds. The molecule has 0 spiro atoms. The smallest absolute Gasteiger partial charge is 0.317 e. The zero-order valence-electron chi connectivity index (χ0n) is 18.7. The Morgan fingerprint density at radius 1 is 1.20 bits per heavy atom. The second kappa shape index (κ2) is 11.9. The van der Waals surface area contributed by atoms with Gasteiger partial charge in [-0.05, 0) is 107 Å². The first kappa shape index (κ1) is 23.4. The summed E-state index contributed by atoms with van der Waals surface area (Å²) in [4.78, 5) is 16.7. The molecule has 2 aliphatic heterocycles. The summed E-state index contributed by atoms with van der Waals surface area (Å²) in [6.07, 6.45) is 8.59. The lowest BCUT2D eigenvalue weighted by Crippen LogP contribution is -2.45. The van der Waals surface area contributed by atoms with E-state index in [1.165, 1.54) is 61.8 Å². The topological polar surface area (TPSA) is 44.8 Å². The van der Waals surface area contributed by atoms with Crippen molar-refractivity contribution in [3.05, 3.63) is 28.2 Å². The lowest BCUT2D eigenvalue weighted by molar-refractivity contribution is 0.152. The summed E-state index contributed by atoms with van der Waals surface area (Å²) in [7, 11) is 1.73. The molecule has 0 radical (unpaired) electrons. The van der Waals surface area contributed by atoms with Crippen LogP contribution in [0.1, 0.15) is 51.0 Å². The van der Waals surface area contributed by atoms with Crippen LogP contribution in [0.3, 0.4) is 0 Å². The molecule has 0 aliphatic carbocycles. The molecule has 2 saturated heterocycles. The van der Waals surface area contributed by atoms with Crippen LogP contribution >= 0.6 is 15.9 Å². The Balaban J connectivity index is 1.35. The molecule has 0 saturated carbocycles. The molecule has 1 atom stereocenters. The Morgan fingerprint density at radius 2 is 2.00 bits per heavy atom. The second-order valence-corrected chi connectivity index (χ2v) is 9.73. The first-order valence-corrected chi connectivity index (χ1v) is 12.5. The van der Waals surface area contributed by atoms with Crippen molar-refractivity contribution >= 4 is 22.0 Å². The third-order valence-corrected chi connectivity index (χ3v) is 7.46. The molecule has 30 heavy (non-hydrogen) atoms. The predicted molar refractivity (Wildman–Crippen MR) is 126 cm³/mol. The number of carbonyl (C=O) groups excluding carboxylic acids is 1. The van der Waals surface area contributed by atoms with Crippen LogP contribution in [0, 0.1) is 11.8 Å². The summed E-state index contributed by atoms with van der Waals surface area (Å²) in [5.74, 6) is 2.37. The molecule has 2 aliphatic rings. The van der Waals surface area contributed by atoms with Crippen LogP contribution in [0.25, 0.3) is 0 Å². The second-order valence-electron chi connectivity index (χ2n) is 8.88. The quantitative estimate of drug-likeness (QED) is 0.574. The van der Waals surface area contributed by atoms with Gasteiger partial charge in [0.05, 0.1) is 7.11 Å². The number of halogens is 1. The van der Waals surface area contributed by atoms with E-state index in [1.54, 1.807) is 7.11 Å². The average Bonchev–Trinajstić information content (AvgIpc) is 2.77. The number of nitrogens with zero attached hydrogens (tertiary/aromatic N) is 2. The molecule has 2 fully saturated rings. The van der Waals surface area contributed by atoms with Crippen LogP contribution in [-0.2, 0) is 6.42 Å². The van der Waals surface area contributed by atoms with Gasteiger partial charge in [-0.3, -0.25) is 0 Å². The van der Waals surface area contributed by atoms with Gasteiger partial charge >= 0.3 is 6.03 Å². The van der Waals surface area contributed by atoms with E-state index in [-0.39, 0.29) is 6.03 Å². The monoisotopic (exact) mass is 479 g/mol. The number of nitrogens with one attached hydrogen (secondary N) is 1. The summed E-state index contributed by atoms with van der Waals surface area (Å²) in [5.41, 5.74) is 1.36. The van der Waals surface area contributed by atoms with E-state index in [0.717, 1.165) is 37.6 Å². The van der Waals surface area contributed by atoms with Crippen molar-refractivity contribution in [2.75, 3.05) is 46.4 Å². The Bertz CT molecular complexity index is 676. The normalized spacial score (nSPS) is 20.9. The minimum atomic E-state index is 0.118. The number of piperidine rings is 2. The third-order valence-electron chi connectivity index (χ3n) is 6.69. The van der Waals surface area contributed by atoms with E-state index < -0.39 is 0 Å². The van der Waals surface area contributed by atoms with E-state index >= 15 is 0 Å². The standard InChI is InChI=1S/C24H38BrN3O2/c1-3-26-24(29)28-13-5-7-20(18-28)6-4-12-27-14-10-19(11-15-27)16-21-17-22(30-2)8-9-23(21)25/h8-9,17,19-20H,3-7,10-16,18H2,1-2H3,(H,26,29). The number of hydrogen-bond acceptors (Lipinski definition) is 3. The van der Waals surface area contributed by atoms with Gasteiger partial charge in [-0.1, -0.05) is 15.9 Å². The van der Waals surface area contributed by atoms with Crippen LogP contribution in [-0.4, -0.2) is 62.2 Å². The summed E-state index contributed by atoms with van der Waals surface area (Å²) >= 11 is 3.70. The predicted octanol–water partition coefficient (Wildman–Crippen LogP) is 4.93. The molecule has 6 heteroatoms. The zero-order chi connectivity index (χ0) is 21.3. The highest BCUT2D eigenvalue weighted by molar-refractivity contribution is 9.10. The summed E-state index contributed by atoms with van der Waals surface area (Å²) in [6, 6.07) is 6.40. The minimum absolute atomic E-state index is 0.118. The van der Waals surface area contributed by atoms with Gasteiger partial charge in [0.15, 0.2) is 0 Å². The fourth-order valence-electron chi connectivity index (χ4n) is 4.91. The maximum Gasteiger partial charge on any atom is 0.317 e. The Labute approximate surface area is 190 Å². The minimum Gasteiger partial charge on any atom is -0.497 e. The van der Waals surface area contributed by atoms with E-state index in [4.69, 9.17) is 4.74 Å². The van der Waals surface area contributed by atoms with Gasteiger partial charge < -0.3 is 19.9 Å². The van der Waals surface area contributed by atoms with Crippen molar-refractivity contribution in [1.29, 1.82) is 0 Å². The average molecular weight is 480 g/mol. The molecule has 1 aromatic carbocycles. The first-order chi connectivity index (χ1) is 14.6. The van der Waals surface area contributed by atoms with E-state index in [9.17, 15) is 4.79 Å². The molecule has 1 unspecified atom stereocenters. The molecular weight excluding hydrogens is 442 g/mol. The molecular formula is C24H38BrN3O2. The van der Waals surface area contributed by atoms with Crippen molar-refractivity contribution in [2.45, 2.75) is 51.9 Å². The summed E-state index contributed by atoms with van der Waals surface area (Å²) in [5, 5.41) is 2.94. The van der Waals surface area contributed by atoms with Crippen molar-refractivity contribution in [3.8, 4) is 5.75 Å². The van der Waals surface area contributed by atoms with Crippen molar-refractivity contribution in [1.82, 2.24) is 15.1 Å². The Hall–Kier alpha value is -1.27. The maximum atomic E-state index is 12.1. The number of rotatable bonds is 8. The van der Waals surface area contributed by atoms with Crippen LogP contribution in [0.2, 0.25) is 0 Å². The molecule has 3 rings (SSSR count). The van der Waals surface area contributed by atoms with E-state index in [0.29, 0.717) is 12.5 Å². The van der Waals surface area contributed by atoms with Crippen molar-refractivity contribution < 1.29 is 9.53 Å². The van der Waals surface area contributed by atoms with Crippen LogP contribution < -0.4 is 10.1 Å². The Morgan fingerprint density at radius 3 is 2.73 bits per heavy atom. The third kappa shape index (κ3) is 6.88. The van der Waals surface area contributed by atoms with Crippen LogP contribution in [0.15, 0.2) is 22.7 Å². The number of amides is 2. The van der Waals surface area contributed by atoms with E-state index in [2.05, 4.69) is 38.3 Å². The SMILES string of the molecule is CCNC(=O)N1CCCC(CCCN2CCC(Cc3cc(OC)ccc3Br)CC2)C1. The number of ether oxygens (including phenoxy) is 1. The number of hydrogen-bond donors (Lipinski definition) is 1. The summed E-state index contributed by atoms with van der Waals surface area (Å²) in [6.45, 7) is 8.17. The molecule has 0 bridgehead atoms. The van der Waals surface area contributed by atoms with Crippen LogP contribution in [0.4, 0.5) is 4.79 Å². The van der Waals surface area contributed by atoms with Gasteiger partial charge in [0.25, 0.3) is 0 Å². The van der Waals surface area contributed by atoms with E-state index in [1.807, 2.05) is 17.9 Å². The molecule has 168 valence electrons. The molecule has 1 N–H and O–H groups in total. The molecule has 5 nitrogen and oxygen atoms in total. The van der Waals surface area contributed by atoms with Gasteiger partial charge in [-0.25, -0.2) is 4.79 Å². The number of carbonyl (C=O) groups is 1. The van der Waals surface area contributed by atoms with Gasteiger partial charge in [0.1, 0.15) is 5.75 Å². The van der Waals surface area contributed by atoms with Gasteiger partial charge in [-0.15, -0.1) is 0 Å². The van der Waals surface area contributed by atoms with Crippen molar-refractivity contribution in [2.24, 2.45) is 11.8 Å². The molecule has 2 heterocycles. The number of urea groups is 1. The highest BCUT2D eigenvalue weighted by Gasteiger charge is 2.24. The highest BCUT2D eigenvalue weighted by Crippen LogP contribution is 2.29. The maximum absolute atomic E-state index is 12.1.